The van der Waals surface area contributed by atoms with Gasteiger partial charge in [-0.05, 0) is 34.1 Å². The number of aliphatic imine (C=N–C) groups is 1. The molecule has 0 saturated carbocycles. The summed E-state index contributed by atoms with van der Waals surface area (Å²) in [5.74, 6) is 3.53. The molecule has 0 aliphatic carbocycles. The standard InChI is InChI=1S/C15H24N6O2.HI/c1-5-16-15(18-9-14-19-10(2)11(3)22-14)17-8-6-7-13-20-12(4)21-23-13;/h5-9H2,1-4H3,(H2,16,17,18);1H. The van der Waals surface area contributed by atoms with E-state index in [0.29, 0.717) is 24.2 Å². The molecule has 0 aromatic carbocycles. The van der Waals surface area contributed by atoms with Gasteiger partial charge in [0.15, 0.2) is 11.8 Å². The van der Waals surface area contributed by atoms with Gasteiger partial charge in [-0.25, -0.2) is 9.98 Å². The highest BCUT2D eigenvalue weighted by Crippen LogP contribution is 2.08. The van der Waals surface area contributed by atoms with Gasteiger partial charge in [-0.1, -0.05) is 5.16 Å². The summed E-state index contributed by atoms with van der Waals surface area (Å²) in [5, 5.41) is 10.2. The minimum Gasteiger partial charge on any atom is -0.444 e. The van der Waals surface area contributed by atoms with Crippen LogP contribution in [0, 0.1) is 20.8 Å². The number of guanidine groups is 1. The second-order valence-electron chi connectivity index (χ2n) is 5.21. The molecule has 0 bridgehead atoms. The van der Waals surface area contributed by atoms with Crippen LogP contribution in [0.2, 0.25) is 0 Å². The number of aromatic nitrogens is 3. The molecule has 0 atom stereocenters. The number of aryl methyl sites for hydroxylation is 4. The van der Waals surface area contributed by atoms with E-state index in [2.05, 4.69) is 30.8 Å². The van der Waals surface area contributed by atoms with Crippen molar-refractivity contribution in [3.8, 4) is 0 Å². The highest BCUT2D eigenvalue weighted by atomic mass is 127. The molecule has 9 heteroatoms. The van der Waals surface area contributed by atoms with Gasteiger partial charge in [0.05, 0.1) is 5.69 Å². The van der Waals surface area contributed by atoms with Gasteiger partial charge in [0.1, 0.15) is 12.3 Å². The van der Waals surface area contributed by atoms with E-state index < -0.39 is 0 Å². The average molecular weight is 448 g/mol. The van der Waals surface area contributed by atoms with Crippen LogP contribution in [0.5, 0.6) is 0 Å². The molecule has 0 saturated heterocycles. The lowest BCUT2D eigenvalue weighted by Crippen LogP contribution is -2.37. The monoisotopic (exact) mass is 448 g/mol. The van der Waals surface area contributed by atoms with Crippen LogP contribution >= 0.6 is 24.0 Å². The molecule has 24 heavy (non-hydrogen) atoms. The molecule has 2 N–H and O–H groups in total. The summed E-state index contributed by atoms with van der Waals surface area (Å²) in [6.45, 7) is 9.63. The number of oxazole rings is 1. The first-order valence-corrected chi connectivity index (χ1v) is 7.82. The van der Waals surface area contributed by atoms with Crippen molar-refractivity contribution in [2.75, 3.05) is 13.1 Å². The maximum Gasteiger partial charge on any atom is 0.226 e. The molecule has 2 rings (SSSR count). The van der Waals surface area contributed by atoms with Crippen LogP contribution in [-0.2, 0) is 13.0 Å². The first-order valence-electron chi connectivity index (χ1n) is 7.82. The van der Waals surface area contributed by atoms with Gasteiger partial charge in [0, 0.05) is 19.5 Å². The molecule has 0 radical (unpaired) electrons. The SMILES string of the molecule is CCNC(=NCc1nc(C)c(C)o1)NCCCc1nc(C)no1.I. The fourth-order valence-electron chi connectivity index (χ4n) is 1.98. The van der Waals surface area contributed by atoms with Gasteiger partial charge in [-0.2, -0.15) is 4.98 Å². The minimum absolute atomic E-state index is 0. The Morgan fingerprint density at radius 3 is 2.50 bits per heavy atom. The van der Waals surface area contributed by atoms with E-state index in [1.165, 1.54) is 0 Å². The summed E-state index contributed by atoms with van der Waals surface area (Å²) < 4.78 is 10.6. The maximum absolute atomic E-state index is 5.53. The van der Waals surface area contributed by atoms with Gasteiger partial charge in [-0.3, -0.25) is 0 Å². The smallest absolute Gasteiger partial charge is 0.226 e. The lowest BCUT2D eigenvalue weighted by molar-refractivity contribution is 0.372. The Kier molecular flexibility index (Phi) is 8.72. The molecular formula is C15H25IN6O2. The minimum atomic E-state index is 0. The fraction of sp³-hybridized carbons (Fsp3) is 0.600. The van der Waals surface area contributed by atoms with Crippen molar-refractivity contribution in [2.45, 2.75) is 47.1 Å². The zero-order valence-corrected chi connectivity index (χ0v) is 16.9. The van der Waals surface area contributed by atoms with E-state index in [9.17, 15) is 0 Å². The predicted molar refractivity (Wildman–Crippen MR) is 102 cm³/mol. The van der Waals surface area contributed by atoms with Crippen LogP contribution in [0.15, 0.2) is 13.9 Å². The van der Waals surface area contributed by atoms with E-state index in [1.54, 1.807) is 0 Å². The Balaban J connectivity index is 0.00000288. The zero-order valence-electron chi connectivity index (χ0n) is 14.5. The zero-order chi connectivity index (χ0) is 16.7. The highest BCUT2D eigenvalue weighted by Gasteiger charge is 2.06. The first kappa shape index (κ1) is 20.4. The largest absolute Gasteiger partial charge is 0.444 e. The molecule has 0 spiro atoms. The lowest BCUT2D eigenvalue weighted by Gasteiger charge is -2.10. The van der Waals surface area contributed by atoms with Gasteiger partial charge in [0.25, 0.3) is 0 Å². The predicted octanol–water partition coefficient (Wildman–Crippen LogP) is 2.29. The maximum atomic E-state index is 5.53. The molecule has 0 unspecified atom stereocenters. The van der Waals surface area contributed by atoms with Crippen molar-refractivity contribution in [1.29, 1.82) is 0 Å². The Hall–Kier alpha value is -1.65. The summed E-state index contributed by atoms with van der Waals surface area (Å²) in [6, 6.07) is 0. The van der Waals surface area contributed by atoms with Gasteiger partial charge in [-0.15, -0.1) is 24.0 Å². The summed E-state index contributed by atoms with van der Waals surface area (Å²) in [5.41, 5.74) is 0.906. The second-order valence-corrected chi connectivity index (χ2v) is 5.21. The summed E-state index contributed by atoms with van der Waals surface area (Å²) >= 11 is 0. The van der Waals surface area contributed by atoms with E-state index in [-0.39, 0.29) is 24.0 Å². The molecule has 0 aliphatic rings. The number of hydrogen-bond acceptors (Lipinski definition) is 6. The van der Waals surface area contributed by atoms with Gasteiger partial charge in [0.2, 0.25) is 11.8 Å². The number of halogens is 1. The molecule has 2 heterocycles. The van der Waals surface area contributed by atoms with E-state index >= 15 is 0 Å². The molecule has 8 nitrogen and oxygen atoms in total. The number of nitrogens with one attached hydrogen (secondary N) is 2. The molecule has 0 fully saturated rings. The third kappa shape index (κ3) is 6.46. The third-order valence-electron chi connectivity index (χ3n) is 3.22. The summed E-state index contributed by atoms with van der Waals surface area (Å²) in [6.07, 6.45) is 1.62. The molecule has 2 aromatic rings. The number of nitrogens with zero attached hydrogens (tertiary/aromatic N) is 4. The fourth-order valence-corrected chi connectivity index (χ4v) is 1.98. The number of rotatable bonds is 7. The van der Waals surface area contributed by atoms with Crippen LogP contribution in [0.4, 0.5) is 0 Å². The van der Waals surface area contributed by atoms with Crippen LogP contribution in [0.25, 0.3) is 0 Å². The van der Waals surface area contributed by atoms with Crippen molar-refractivity contribution in [3.63, 3.8) is 0 Å². The summed E-state index contributed by atoms with van der Waals surface area (Å²) in [4.78, 5) is 13.0. The quantitative estimate of drug-likeness (QED) is 0.290. The molecular weight excluding hydrogens is 423 g/mol. The topological polar surface area (TPSA) is 101 Å². The van der Waals surface area contributed by atoms with Crippen LogP contribution in [0.3, 0.4) is 0 Å². The van der Waals surface area contributed by atoms with Crippen LogP contribution in [0.1, 0.15) is 42.4 Å². The molecule has 0 aliphatic heterocycles. The van der Waals surface area contributed by atoms with Crippen molar-refractivity contribution in [2.24, 2.45) is 4.99 Å². The van der Waals surface area contributed by atoms with Gasteiger partial charge >= 0.3 is 0 Å². The molecule has 134 valence electrons. The summed E-state index contributed by atoms with van der Waals surface area (Å²) in [7, 11) is 0. The van der Waals surface area contributed by atoms with Crippen molar-refractivity contribution < 1.29 is 8.94 Å². The Morgan fingerprint density at radius 1 is 1.12 bits per heavy atom. The molecule has 2 aromatic heterocycles. The number of hydrogen-bond donors (Lipinski definition) is 2. The van der Waals surface area contributed by atoms with Crippen LogP contribution < -0.4 is 10.6 Å². The molecule has 0 amide bonds. The first-order chi connectivity index (χ1) is 11.1. The average Bonchev–Trinajstić information content (AvgIpc) is 3.07. The highest BCUT2D eigenvalue weighted by molar-refractivity contribution is 14.0. The van der Waals surface area contributed by atoms with Crippen molar-refractivity contribution in [1.82, 2.24) is 25.8 Å². The Labute approximate surface area is 158 Å². The van der Waals surface area contributed by atoms with E-state index in [4.69, 9.17) is 8.94 Å². The normalized spacial score (nSPS) is 11.2. The lowest BCUT2D eigenvalue weighted by atomic mass is 10.3. The van der Waals surface area contributed by atoms with E-state index in [1.807, 2.05) is 27.7 Å². The van der Waals surface area contributed by atoms with E-state index in [0.717, 1.165) is 43.3 Å². The van der Waals surface area contributed by atoms with Crippen molar-refractivity contribution in [3.05, 3.63) is 29.1 Å². The van der Waals surface area contributed by atoms with Gasteiger partial charge < -0.3 is 19.6 Å². The Morgan fingerprint density at radius 2 is 1.92 bits per heavy atom. The van der Waals surface area contributed by atoms with Crippen molar-refractivity contribution >= 4 is 29.9 Å². The Bertz CT molecular complexity index is 633. The van der Waals surface area contributed by atoms with Crippen LogP contribution in [-0.4, -0.2) is 34.2 Å². The second kappa shape index (κ2) is 10.3. The third-order valence-corrected chi connectivity index (χ3v) is 3.22.